The molecule has 6 nitrogen and oxygen atoms in total. The van der Waals surface area contributed by atoms with Crippen molar-refractivity contribution < 1.29 is 4.42 Å². The first-order valence-corrected chi connectivity index (χ1v) is 15.5. The van der Waals surface area contributed by atoms with E-state index in [2.05, 4.69) is 30.3 Å². The first-order valence-electron chi connectivity index (χ1n) is 15.5. The maximum atomic E-state index is 6.25. The van der Waals surface area contributed by atoms with Gasteiger partial charge >= 0.3 is 0 Å². The Bertz CT molecular complexity index is 2310. The lowest BCUT2D eigenvalue weighted by atomic mass is 9.94. The van der Waals surface area contributed by atoms with Gasteiger partial charge in [0.05, 0.1) is 0 Å². The molecule has 6 heteroatoms. The van der Waals surface area contributed by atoms with E-state index in [-0.39, 0.29) is 0 Å². The third-order valence-corrected chi connectivity index (χ3v) is 8.18. The molecule has 0 aliphatic carbocycles. The van der Waals surface area contributed by atoms with E-state index in [4.69, 9.17) is 29.3 Å². The molecular weight excluding hydrogens is 578 g/mol. The highest BCUT2D eigenvalue weighted by molar-refractivity contribution is 5.94. The van der Waals surface area contributed by atoms with Crippen LogP contribution >= 0.6 is 0 Å². The number of oxazole rings is 1. The minimum absolute atomic E-state index is 0.579. The van der Waals surface area contributed by atoms with E-state index in [1.165, 1.54) is 0 Å². The van der Waals surface area contributed by atoms with Gasteiger partial charge in [0, 0.05) is 44.8 Å². The first-order chi connectivity index (χ1) is 23.1. The van der Waals surface area contributed by atoms with Gasteiger partial charge in [-0.1, -0.05) is 97.1 Å². The second-order valence-electron chi connectivity index (χ2n) is 11.5. The summed E-state index contributed by atoms with van der Waals surface area (Å²) in [4.78, 5) is 24.7. The van der Waals surface area contributed by atoms with Gasteiger partial charge in [0.15, 0.2) is 23.1 Å². The number of aromatic nitrogens is 5. The molecule has 0 fully saturated rings. The Kier molecular flexibility index (Phi) is 7.15. The number of aryl methyl sites for hydroxylation is 2. The van der Waals surface area contributed by atoms with Crippen molar-refractivity contribution in [2.24, 2.45) is 0 Å². The molecule has 0 bridgehead atoms. The zero-order valence-electron chi connectivity index (χ0n) is 25.9. The van der Waals surface area contributed by atoms with Gasteiger partial charge in [0.2, 0.25) is 5.89 Å². The average Bonchev–Trinajstić information content (AvgIpc) is 3.57. The van der Waals surface area contributed by atoms with Crippen molar-refractivity contribution in [3.63, 3.8) is 0 Å². The largest absolute Gasteiger partial charge is 0.436 e. The molecule has 0 saturated heterocycles. The fourth-order valence-electron chi connectivity index (χ4n) is 5.88. The van der Waals surface area contributed by atoms with E-state index in [0.717, 1.165) is 67.0 Å². The van der Waals surface area contributed by atoms with Crippen molar-refractivity contribution in [3.05, 3.63) is 151 Å². The number of nitrogens with zero attached hydrogens (tertiary/aromatic N) is 5. The molecule has 0 radical (unpaired) electrons. The lowest BCUT2D eigenvalue weighted by Gasteiger charge is -2.13. The van der Waals surface area contributed by atoms with Gasteiger partial charge < -0.3 is 4.42 Å². The fourth-order valence-corrected chi connectivity index (χ4v) is 5.88. The van der Waals surface area contributed by atoms with Crippen molar-refractivity contribution in [3.8, 4) is 67.9 Å². The Morgan fingerprint density at radius 3 is 1.53 bits per heavy atom. The summed E-state index contributed by atoms with van der Waals surface area (Å²) < 4.78 is 6.25. The van der Waals surface area contributed by atoms with Crippen LogP contribution in [0, 0.1) is 13.8 Å². The number of benzene rings is 5. The van der Waals surface area contributed by atoms with Gasteiger partial charge in [-0.2, -0.15) is 0 Å². The Labute approximate surface area is 272 Å². The zero-order chi connectivity index (χ0) is 31.7. The normalized spacial score (nSPS) is 11.2. The third kappa shape index (κ3) is 5.57. The Hall–Kier alpha value is -6.27. The number of hydrogen-bond acceptors (Lipinski definition) is 6. The van der Waals surface area contributed by atoms with Crippen LogP contribution < -0.4 is 0 Å². The molecule has 0 unspecified atom stereocenters. The van der Waals surface area contributed by atoms with E-state index in [0.29, 0.717) is 23.4 Å². The van der Waals surface area contributed by atoms with Crippen LogP contribution in [0.1, 0.15) is 11.4 Å². The van der Waals surface area contributed by atoms with Crippen molar-refractivity contribution >= 4 is 11.1 Å². The molecule has 0 aliphatic heterocycles. The predicted molar refractivity (Wildman–Crippen MR) is 187 cm³/mol. The molecule has 0 spiro atoms. The van der Waals surface area contributed by atoms with Gasteiger partial charge in [-0.3, -0.25) is 4.98 Å². The van der Waals surface area contributed by atoms with E-state index in [1.807, 2.05) is 123 Å². The minimum Gasteiger partial charge on any atom is -0.436 e. The summed E-state index contributed by atoms with van der Waals surface area (Å²) in [5.41, 5.74) is 11.0. The van der Waals surface area contributed by atoms with Crippen LogP contribution in [-0.4, -0.2) is 24.9 Å². The zero-order valence-corrected chi connectivity index (χ0v) is 25.9. The summed E-state index contributed by atoms with van der Waals surface area (Å²) in [6.07, 6.45) is 0. The van der Waals surface area contributed by atoms with Gasteiger partial charge in [-0.05, 0) is 67.4 Å². The molecule has 0 amide bonds. The molecule has 224 valence electrons. The quantitative estimate of drug-likeness (QED) is 0.187. The van der Waals surface area contributed by atoms with Crippen LogP contribution in [0.4, 0.5) is 0 Å². The number of rotatable bonds is 6. The maximum absolute atomic E-state index is 6.25. The number of fused-ring (bicyclic) bond motifs is 1. The van der Waals surface area contributed by atoms with Gasteiger partial charge in [0.1, 0.15) is 5.52 Å². The van der Waals surface area contributed by atoms with Crippen LogP contribution in [0.25, 0.3) is 79.0 Å². The van der Waals surface area contributed by atoms with Crippen LogP contribution in [0.2, 0.25) is 0 Å². The molecule has 3 aromatic heterocycles. The Morgan fingerprint density at radius 1 is 0.404 bits per heavy atom. The molecule has 0 saturated carbocycles. The molecule has 8 aromatic rings. The number of pyridine rings is 1. The molecule has 0 aliphatic rings. The Balaban J connectivity index is 1.37. The molecular formula is C41H29N5O. The van der Waals surface area contributed by atoms with Crippen LogP contribution in [0.3, 0.4) is 0 Å². The van der Waals surface area contributed by atoms with Gasteiger partial charge in [0.25, 0.3) is 0 Å². The van der Waals surface area contributed by atoms with Crippen molar-refractivity contribution in [2.75, 3.05) is 0 Å². The summed E-state index contributed by atoms with van der Waals surface area (Å²) in [5, 5.41) is 0. The predicted octanol–water partition coefficient (Wildman–Crippen LogP) is 10.0. The summed E-state index contributed by atoms with van der Waals surface area (Å²) in [6.45, 7) is 4.05. The van der Waals surface area contributed by atoms with Crippen molar-refractivity contribution in [2.45, 2.75) is 13.8 Å². The lowest BCUT2D eigenvalue weighted by Crippen LogP contribution is -2.01. The smallest absolute Gasteiger partial charge is 0.227 e. The highest BCUT2D eigenvalue weighted by atomic mass is 16.3. The highest BCUT2D eigenvalue weighted by Gasteiger charge is 2.18. The lowest BCUT2D eigenvalue weighted by molar-refractivity contribution is 0.620. The summed E-state index contributed by atoms with van der Waals surface area (Å²) in [7, 11) is 0. The van der Waals surface area contributed by atoms with Crippen molar-refractivity contribution in [1.82, 2.24) is 24.9 Å². The molecule has 47 heavy (non-hydrogen) atoms. The number of hydrogen-bond donors (Lipinski definition) is 0. The minimum atomic E-state index is 0.579. The van der Waals surface area contributed by atoms with E-state index in [9.17, 15) is 0 Å². The maximum Gasteiger partial charge on any atom is 0.227 e. The van der Waals surface area contributed by atoms with Gasteiger partial charge in [-0.25, -0.2) is 19.9 Å². The standard InChI is InChI=1S/C41H29N5O/c1-26-21-22-34(27(2)42-26)31-23-32(35-19-12-20-36-37(35)43-41(47-36)30-17-10-5-11-18-30)25-33(24-31)40-45-38(28-13-6-3-7-14-28)44-39(46-40)29-15-8-4-9-16-29/h3-25H,1-2H3. The van der Waals surface area contributed by atoms with Crippen LogP contribution in [0.5, 0.6) is 0 Å². The molecule has 5 aromatic carbocycles. The molecule has 0 atom stereocenters. The molecule has 8 rings (SSSR count). The highest BCUT2D eigenvalue weighted by Crippen LogP contribution is 2.37. The fraction of sp³-hybridized carbons (Fsp3) is 0.0488. The summed E-state index contributed by atoms with van der Waals surface area (Å²) >= 11 is 0. The van der Waals surface area contributed by atoms with Crippen LogP contribution in [-0.2, 0) is 0 Å². The Morgan fingerprint density at radius 2 is 0.936 bits per heavy atom. The van der Waals surface area contributed by atoms with Crippen LogP contribution in [0.15, 0.2) is 144 Å². The second kappa shape index (κ2) is 11.9. The second-order valence-corrected chi connectivity index (χ2v) is 11.5. The SMILES string of the molecule is Cc1ccc(-c2cc(-c3nc(-c4ccccc4)nc(-c4ccccc4)n3)cc(-c3cccc4oc(-c5ccccc5)nc34)c2)c(C)n1. The molecule has 3 heterocycles. The first kappa shape index (κ1) is 28.2. The number of para-hydroxylation sites is 1. The van der Waals surface area contributed by atoms with E-state index < -0.39 is 0 Å². The van der Waals surface area contributed by atoms with Crippen molar-refractivity contribution in [1.29, 1.82) is 0 Å². The topological polar surface area (TPSA) is 77.6 Å². The average molecular weight is 608 g/mol. The van der Waals surface area contributed by atoms with E-state index >= 15 is 0 Å². The van der Waals surface area contributed by atoms with Gasteiger partial charge in [-0.15, -0.1) is 0 Å². The monoisotopic (exact) mass is 607 g/mol. The summed E-state index contributed by atoms with van der Waals surface area (Å²) in [6, 6.07) is 46.7. The van der Waals surface area contributed by atoms with E-state index in [1.54, 1.807) is 0 Å². The summed E-state index contributed by atoms with van der Waals surface area (Å²) in [5.74, 6) is 2.39. The molecule has 0 N–H and O–H groups in total. The third-order valence-electron chi connectivity index (χ3n) is 8.18.